The van der Waals surface area contributed by atoms with Gasteiger partial charge in [0, 0.05) is 23.3 Å². The van der Waals surface area contributed by atoms with Crippen LogP contribution in [0.4, 0.5) is 0 Å². The lowest BCUT2D eigenvalue weighted by Gasteiger charge is -2.03. The molecule has 1 aliphatic rings. The normalized spacial score (nSPS) is 13.8. The van der Waals surface area contributed by atoms with Gasteiger partial charge in [0.25, 0.3) is 0 Å². The van der Waals surface area contributed by atoms with E-state index < -0.39 is 0 Å². The predicted molar refractivity (Wildman–Crippen MR) is 63.1 cm³/mol. The lowest BCUT2D eigenvalue weighted by molar-refractivity contribution is 1.05. The van der Waals surface area contributed by atoms with Crippen LogP contribution in [0.2, 0.25) is 5.15 Å². The van der Waals surface area contributed by atoms with E-state index in [0.29, 0.717) is 16.7 Å². The van der Waals surface area contributed by atoms with Crippen molar-refractivity contribution in [3.8, 4) is 11.5 Å². The van der Waals surface area contributed by atoms with E-state index >= 15 is 0 Å². The Hall–Kier alpha value is -1.20. The zero-order chi connectivity index (χ0) is 11.0. The Balaban J connectivity index is 2.13. The Kier molecular flexibility index (Phi) is 2.49. The van der Waals surface area contributed by atoms with Gasteiger partial charge in [0.2, 0.25) is 0 Å². The molecule has 0 amide bonds. The second-order valence-electron chi connectivity index (χ2n) is 3.35. The average Bonchev–Trinajstić information content (AvgIpc) is 2.79. The lowest BCUT2D eigenvalue weighted by atomic mass is 10.2. The van der Waals surface area contributed by atoms with Gasteiger partial charge >= 0.3 is 0 Å². The van der Waals surface area contributed by atoms with Crippen molar-refractivity contribution in [2.75, 3.05) is 0 Å². The third-order valence-corrected chi connectivity index (χ3v) is 3.62. The number of nitrogens with zero attached hydrogens (tertiary/aromatic N) is 4. The minimum atomic E-state index is 0.545. The molecule has 2 aromatic rings. The van der Waals surface area contributed by atoms with Gasteiger partial charge in [0.1, 0.15) is 17.2 Å². The highest BCUT2D eigenvalue weighted by Gasteiger charge is 2.19. The molecule has 3 heterocycles. The van der Waals surface area contributed by atoms with Gasteiger partial charge in [-0.25, -0.2) is 19.9 Å². The summed E-state index contributed by atoms with van der Waals surface area (Å²) in [5.74, 6) is 2.38. The third-order valence-electron chi connectivity index (χ3n) is 2.34. The van der Waals surface area contributed by atoms with Crippen LogP contribution in [0, 0.1) is 0 Å². The average molecular weight is 251 g/mol. The zero-order valence-corrected chi connectivity index (χ0v) is 9.79. The minimum absolute atomic E-state index is 0.545. The largest absolute Gasteiger partial charge is 0.245 e. The number of thioether (sulfide) groups is 1. The molecular weight excluding hydrogens is 244 g/mol. The first-order valence-corrected chi connectivity index (χ1v) is 6.27. The fourth-order valence-electron chi connectivity index (χ4n) is 1.55. The summed E-state index contributed by atoms with van der Waals surface area (Å²) < 4.78 is 0. The van der Waals surface area contributed by atoms with Crippen molar-refractivity contribution in [2.24, 2.45) is 0 Å². The second kappa shape index (κ2) is 3.99. The molecule has 0 saturated carbocycles. The SMILES string of the molecule is Clc1nc(-c2ccncn2)nc2c1CSC2. The van der Waals surface area contributed by atoms with Crippen LogP contribution in [-0.4, -0.2) is 19.9 Å². The fourth-order valence-corrected chi connectivity index (χ4v) is 2.93. The summed E-state index contributed by atoms with van der Waals surface area (Å²) in [6.45, 7) is 0. The van der Waals surface area contributed by atoms with E-state index in [9.17, 15) is 0 Å². The predicted octanol–water partition coefficient (Wildman–Crippen LogP) is 2.33. The Bertz CT molecular complexity index is 532. The number of halogens is 1. The van der Waals surface area contributed by atoms with Crippen LogP contribution in [0.15, 0.2) is 18.6 Å². The van der Waals surface area contributed by atoms with Gasteiger partial charge in [-0.05, 0) is 6.07 Å². The molecule has 0 spiro atoms. The van der Waals surface area contributed by atoms with Gasteiger partial charge in [-0.2, -0.15) is 11.8 Å². The van der Waals surface area contributed by atoms with E-state index in [1.165, 1.54) is 6.33 Å². The number of fused-ring (bicyclic) bond motifs is 1. The third kappa shape index (κ3) is 1.66. The fraction of sp³-hybridized carbons (Fsp3) is 0.200. The Morgan fingerprint density at radius 2 is 2.19 bits per heavy atom. The molecule has 0 saturated heterocycles. The van der Waals surface area contributed by atoms with Gasteiger partial charge in [-0.3, -0.25) is 0 Å². The Morgan fingerprint density at radius 1 is 1.25 bits per heavy atom. The number of hydrogen-bond acceptors (Lipinski definition) is 5. The maximum atomic E-state index is 6.12. The zero-order valence-electron chi connectivity index (χ0n) is 8.22. The van der Waals surface area contributed by atoms with Gasteiger partial charge in [0.15, 0.2) is 5.82 Å². The van der Waals surface area contributed by atoms with Crippen molar-refractivity contribution < 1.29 is 0 Å². The monoisotopic (exact) mass is 250 g/mol. The number of rotatable bonds is 1. The lowest BCUT2D eigenvalue weighted by Crippen LogP contribution is -1.98. The van der Waals surface area contributed by atoms with E-state index in [4.69, 9.17) is 11.6 Å². The van der Waals surface area contributed by atoms with Crippen molar-refractivity contribution in [1.29, 1.82) is 0 Å². The molecule has 0 atom stereocenters. The molecule has 16 heavy (non-hydrogen) atoms. The van der Waals surface area contributed by atoms with Crippen LogP contribution >= 0.6 is 23.4 Å². The Labute approximate surface area is 102 Å². The molecule has 0 N–H and O–H groups in total. The van der Waals surface area contributed by atoms with Crippen LogP contribution in [0.3, 0.4) is 0 Å². The van der Waals surface area contributed by atoms with Crippen LogP contribution in [-0.2, 0) is 11.5 Å². The molecule has 0 aromatic carbocycles. The van der Waals surface area contributed by atoms with Gasteiger partial charge in [-0.1, -0.05) is 11.6 Å². The van der Waals surface area contributed by atoms with Gasteiger partial charge < -0.3 is 0 Å². The highest BCUT2D eigenvalue weighted by Crippen LogP contribution is 2.33. The van der Waals surface area contributed by atoms with Crippen LogP contribution in [0.25, 0.3) is 11.5 Å². The quantitative estimate of drug-likeness (QED) is 0.727. The molecule has 80 valence electrons. The molecule has 0 fully saturated rings. The molecule has 2 aromatic heterocycles. The smallest absolute Gasteiger partial charge is 0.179 e. The van der Waals surface area contributed by atoms with Crippen LogP contribution < -0.4 is 0 Å². The molecule has 3 rings (SSSR count). The maximum absolute atomic E-state index is 6.12. The van der Waals surface area contributed by atoms with E-state index in [1.54, 1.807) is 24.0 Å². The van der Waals surface area contributed by atoms with Gasteiger partial charge in [-0.15, -0.1) is 0 Å². The summed E-state index contributed by atoms with van der Waals surface area (Å²) >= 11 is 7.92. The van der Waals surface area contributed by atoms with Crippen molar-refractivity contribution in [2.45, 2.75) is 11.5 Å². The second-order valence-corrected chi connectivity index (χ2v) is 4.69. The van der Waals surface area contributed by atoms with E-state index in [2.05, 4.69) is 19.9 Å². The summed E-state index contributed by atoms with van der Waals surface area (Å²) in [7, 11) is 0. The highest BCUT2D eigenvalue weighted by molar-refractivity contribution is 7.98. The van der Waals surface area contributed by atoms with Crippen LogP contribution in [0.5, 0.6) is 0 Å². The standard InChI is InChI=1S/C10H7ClN4S/c11-9-6-3-16-4-8(6)14-10(15-9)7-1-2-12-5-13-7/h1-2,5H,3-4H2. The summed E-state index contributed by atoms with van der Waals surface area (Å²) in [6, 6.07) is 1.78. The summed E-state index contributed by atoms with van der Waals surface area (Å²) in [4.78, 5) is 16.7. The van der Waals surface area contributed by atoms with Crippen LogP contribution in [0.1, 0.15) is 11.3 Å². The van der Waals surface area contributed by atoms with Crippen molar-refractivity contribution >= 4 is 23.4 Å². The van der Waals surface area contributed by atoms with Crippen molar-refractivity contribution in [1.82, 2.24) is 19.9 Å². The molecule has 0 aliphatic carbocycles. The molecule has 1 aliphatic heterocycles. The van der Waals surface area contributed by atoms with Crippen molar-refractivity contribution in [3.63, 3.8) is 0 Å². The van der Waals surface area contributed by atoms with E-state index in [0.717, 1.165) is 22.8 Å². The molecular formula is C10H7ClN4S. The first-order chi connectivity index (χ1) is 7.84. The molecule has 0 bridgehead atoms. The number of aromatic nitrogens is 4. The molecule has 0 radical (unpaired) electrons. The van der Waals surface area contributed by atoms with E-state index in [1.807, 2.05) is 0 Å². The highest BCUT2D eigenvalue weighted by atomic mass is 35.5. The minimum Gasteiger partial charge on any atom is -0.245 e. The summed E-state index contributed by atoms with van der Waals surface area (Å²) in [6.07, 6.45) is 3.15. The topological polar surface area (TPSA) is 51.6 Å². The molecule has 0 unspecified atom stereocenters. The van der Waals surface area contributed by atoms with E-state index in [-0.39, 0.29) is 0 Å². The summed E-state index contributed by atoms with van der Waals surface area (Å²) in [5.41, 5.74) is 2.79. The van der Waals surface area contributed by atoms with Gasteiger partial charge in [0.05, 0.1) is 5.69 Å². The molecule has 4 nitrogen and oxygen atoms in total. The first kappa shape index (κ1) is 9.99. The molecule has 6 heteroatoms. The number of hydrogen-bond donors (Lipinski definition) is 0. The maximum Gasteiger partial charge on any atom is 0.179 e. The van der Waals surface area contributed by atoms with Crippen molar-refractivity contribution in [3.05, 3.63) is 35.0 Å². The summed E-state index contributed by atoms with van der Waals surface area (Å²) in [5, 5.41) is 0.545. The first-order valence-electron chi connectivity index (χ1n) is 4.74. The Morgan fingerprint density at radius 3 is 3.00 bits per heavy atom.